The van der Waals surface area contributed by atoms with Crippen molar-refractivity contribution in [3.8, 4) is 0 Å². The molecule has 1 aliphatic heterocycles. The highest BCUT2D eigenvalue weighted by atomic mass is 35.5. The van der Waals surface area contributed by atoms with Crippen LogP contribution in [0.2, 0.25) is 0 Å². The molecule has 0 aromatic carbocycles. The van der Waals surface area contributed by atoms with Gasteiger partial charge in [-0.15, -0.1) is 22.9 Å². The van der Waals surface area contributed by atoms with Crippen LogP contribution in [-0.4, -0.2) is 50.3 Å². The maximum atomic E-state index is 12.9. The summed E-state index contributed by atoms with van der Waals surface area (Å²) in [6, 6.07) is 1.72. The van der Waals surface area contributed by atoms with Gasteiger partial charge in [0.1, 0.15) is 0 Å². The molecule has 0 saturated carbocycles. The third-order valence-corrected chi connectivity index (χ3v) is 7.24. The molecule has 0 spiro atoms. The van der Waals surface area contributed by atoms with Crippen molar-refractivity contribution in [1.82, 2.24) is 9.21 Å². The van der Waals surface area contributed by atoms with Crippen molar-refractivity contribution >= 4 is 33.0 Å². The van der Waals surface area contributed by atoms with Gasteiger partial charge in [-0.3, -0.25) is 0 Å². The summed E-state index contributed by atoms with van der Waals surface area (Å²) in [7, 11) is -1.39. The van der Waals surface area contributed by atoms with Crippen LogP contribution < -0.4 is 0 Å². The van der Waals surface area contributed by atoms with Gasteiger partial charge in [0.25, 0.3) is 0 Å². The molecule has 0 aliphatic carbocycles. The molecule has 20 heavy (non-hydrogen) atoms. The lowest BCUT2D eigenvalue weighted by molar-refractivity contribution is 0.270. The molecule has 0 amide bonds. The van der Waals surface area contributed by atoms with Crippen molar-refractivity contribution in [1.29, 1.82) is 0 Å². The zero-order chi connectivity index (χ0) is 14.8. The van der Waals surface area contributed by atoms with E-state index in [2.05, 4.69) is 4.90 Å². The highest BCUT2D eigenvalue weighted by molar-refractivity contribution is 7.89. The molecule has 1 atom stereocenters. The van der Waals surface area contributed by atoms with Gasteiger partial charge in [-0.1, -0.05) is 6.92 Å². The maximum absolute atomic E-state index is 12.9. The van der Waals surface area contributed by atoms with Crippen molar-refractivity contribution < 1.29 is 8.42 Å². The van der Waals surface area contributed by atoms with E-state index in [0.717, 1.165) is 30.8 Å². The molecule has 0 bridgehead atoms. The first-order valence-electron chi connectivity index (χ1n) is 6.83. The summed E-state index contributed by atoms with van der Waals surface area (Å²) in [5.41, 5.74) is 0. The zero-order valence-electron chi connectivity index (χ0n) is 11.9. The van der Waals surface area contributed by atoms with Crippen LogP contribution >= 0.6 is 22.9 Å². The van der Waals surface area contributed by atoms with Gasteiger partial charge in [0, 0.05) is 24.0 Å². The van der Waals surface area contributed by atoms with Gasteiger partial charge in [-0.2, -0.15) is 4.31 Å². The Morgan fingerprint density at radius 2 is 2.20 bits per heavy atom. The van der Waals surface area contributed by atoms with E-state index in [1.54, 1.807) is 15.8 Å². The number of hydrogen-bond donors (Lipinski definition) is 0. The van der Waals surface area contributed by atoms with E-state index in [9.17, 15) is 8.42 Å². The van der Waals surface area contributed by atoms with Crippen LogP contribution in [-0.2, 0) is 15.9 Å². The largest absolute Gasteiger partial charge is 0.305 e. The van der Waals surface area contributed by atoms with Crippen LogP contribution in [0.5, 0.6) is 0 Å². The Morgan fingerprint density at radius 3 is 2.85 bits per heavy atom. The zero-order valence-corrected chi connectivity index (χ0v) is 14.3. The lowest BCUT2D eigenvalue weighted by Gasteiger charge is -2.29. The minimum atomic E-state index is -3.44. The van der Waals surface area contributed by atoms with E-state index < -0.39 is 10.0 Å². The molecule has 4 nitrogen and oxygen atoms in total. The number of rotatable bonds is 4. The summed E-state index contributed by atoms with van der Waals surface area (Å²) < 4.78 is 27.5. The van der Waals surface area contributed by atoms with E-state index in [4.69, 9.17) is 11.6 Å². The van der Waals surface area contributed by atoms with Gasteiger partial charge in [-0.05, 0) is 37.9 Å². The summed E-state index contributed by atoms with van der Waals surface area (Å²) in [4.78, 5) is 3.33. The van der Waals surface area contributed by atoms with E-state index >= 15 is 0 Å². The average molecular weight is 337 g/mol. The van der Waals surface area contributed by atoms with Crippen LogP contribution in [0, 0.1) is 0 Å². The Balaban J connectivity index is 2.36. The van der Waals surface area contributed by atoms with Gasteiger partial charge in [0.05, 0.1) is 10.8 Å². The Morgan fingerprint density at radius 1 is 1.45 bits per heavy atom. The predicted octanol–water partition coefficient (Wildman–Crippen LogP) is 2.59. The number of thiophene rings is 1. The topological polar surface area (TPSA) is 40.6 Å². The van der Waals surface area contributed by atoms with E-state index in [-0.39, 0.29) is 11.9 Å². The second-order valence-electron chi connectivity index (χ2n) is 5.14. The standard InChI is InChI=1S/C13H21ClN2O2S2/c1-3-11-10-15(2)6-4-7-16(11)20(17,18)13-5-8-19-12(13)9-14/h5,8,11H,3-4,6-7,9-10H2,1-2H3. The number of nitrogens with zero attached hydrogens (tertiary/aromatic N) is 2. The van der Waals surface area contributed by atoms with Gasteiger partial charge >= 0.3 is 0 Å². The second-order valence-corrected chi connectivity index (χ2v) is 8.26. The monoisotopic (exact) mass is 336 g/mol. The summed E-state index contributed by atoms with van der Waals surface area (Å²) in [5, 5.41) is 1.80. The Hall–Kier alpha value is -0.140. The van der Waals surface area contributed by atoms with Crippen molar-refractivity contribution in [3.05, 3.63) is 16.3 Å². The molecular formula is C13H21ClN2O2S2. The third-order valence-electron chi connectivity index (χ3n) is 3.73. The van der Waals surface area contributed by atoms with Crippen LogP contribution in [0.25, 0.3) is 0 Å². The minimum absolute atomic E-state index is 0.0376. The van der Waals surface area contributed by atoms with Gasteiger partial charge < -0.3 is 4.90 Å². The molecular weight excluding hydrogens is 316 g/mol. The highest BCUT2D eigenvalue weighted by Crippen LogP contribution is 2.29. The van der Waals surface area contributed by atoms with E-state index in [1.807, 2.05) is 14.0 Å². The van der Waals surface area contributed by atoms with Crippen molar-refractivity contribution in [2.24, 2.45) is 0 Å². The van der Waals surface area contributed by atoms with Crippen LogP contribution in [0.15, 0.2) is 16.3 Å². The molecule has 114 valence electrons. The molecule has 1 unspecified atom stereocenters. The minimum Gasteiger partial charge on any atom is -0.305 e. The first kappa shape index (κ1) is 16.2. The lowest BCUT2D eigenvalue weighted by atomic mass is 10.2. The quantitative estimate of drug-likeness (QED) is 0.793. The second kappa shape index (κ2) is 6.75. The Bertz CT molecular complexity index is 544. The fourth-order valence-corrected chi connectivity index (χ4v) is 6.06. The van der Waals surface area contributed by atoms with Gasteiger partial charge in [-0.25, -0.2) is 8.42 Å². The van der Waals surface area contributed by atoms with Gasteiger partial charge in [0.2, 0.25) is 10.0 Å². The highest BCUT2D eigenvalue weighted by Gasteiger charge is 2.34. The van der Waals surface area contributed by atoms with E-state index in [1.165, 1.54) is 11.3 Å². The number of hydrogen-bond acceptors (Lipinski definition) is 4. The molecule has 0 N–H and O–H groups in total. The molecule has 1 aliphatic rings. The van der Waals surface area contributed by atoms with E-state index in [0.29, 0.717) is 11.4 Å². The number of likely N-dealkylation sites (N-methyl/N-ethyl adjacent to an activating group) is 1. The number of halogens is 1. The van der Waals surface area contributed by atoms with Crippen LogP contribution in [0.1, 0.15) is 24.6 Å². The predicted molar refractivity (Wildman–Crippen MR) is 84.0 cm³/mol. The number of alkyl halides is 1. The first-order valence-corrected chi connectivity index (χ1v) is 9.68. The molecule has 1 aromatic rings. The Kier molecular flexibility index (Phi) is 5.48. The molecule has 2 heterocycles. The van der Waals surface area contributed by atoms with Crippen LogP contribution in [0.4, 0.5) is 0 Å². The van der Waals surface area contributed by atoms with Crippen molar-refractivity contribution in [2.75, 3.05) is 26.7 Å². The summed E-state index contributed by atoms with van der Waals surface area (Å²) >= 11 is 7.27. The first-order chi connectivity index (χ1) is 9.50. The van der Waals surface area contributed by atoms with Crippen molar-refractivity contribution in [3.63, 3.8) is 0 Å². The molecule has 1 fully saturated rings. The molecule has 1 saturated heterocycles. The summed E-state index contributed by atoms with van der Waals surface area (Å²) in [6.07, 6.45) is 1.69. The normalized spacial score (nSPS) is 22.9. The molecule has 2 rings (SSSR count). The molecule has 7 heteroatoms. The van der Waals surface area contributed by atoms with Crippen molar-refractivity contribution in [2.45, 2.75) is 36.6 Å². The third kappa shape index (κ3) is 3.20. The molecule has 1 aromatic heterocycles. The fourth-order valence-electron chi connectivity index (χ4n) is 2.65. The SMILES string of the molecule is CCC1CN(C)CCCN1S(=O)(=O)c1ccsc1CCl. The average Bonchev–Trinajstić information content (AvgIpc) is 2.82. The summed E-state index contributed by atoms with van der Waals surface area (Å²) in [5.74, 6) is 0.247. The smallest absolute Gasteiger partial charge is 0.244 e. The fraction of sp³-hybridized carbons (Fsp3) is 0.692. The lowest BCUT2D eigenvalue weighted by Crippen LogP contribution is -2.43. The van der Waals surface area contributed by atoms with Gasteiger partial charge in [0.15, 0.2) is 0 Å². The number of sulfonamides is 1. The molecule has 0 radical (unpaired) electrons. The van der Waals surface area contributed by atoms with Crippen LogP contribution in [0.3, 0.4) is 0 Å². The Labute approximate surface area is 130 Å². The maximum Gasteiger partial charge on any atom is 0.244 e. The summed E-state index contributed by atoms with van der Waals surface area (Å²) in [6.45, 7) is 4.36.